The van der Waals surface area contributed by atoms with E-state index in [1.54, 1.807) is 6.08 Å². The van der Waals surface area contributed by atoms with Crippen LogP contribution in [0.25, 0.3) is 0 Å². The summed E-state index contributed by atoms with van der Waals surface area (Å²) in [7, 11) is 0. The highest BCUT2D eigenvalue weighted by Crippen LogP contribution is 2.20. The van der Waals surface area contributed by atoms with Crippen molar-refractivity contribution < 1.29 is 5.11 Å². The van der Waals surface area contributed by atoms with Gasteiger partial charge in [-0.3, -0.25) is 0 Å². The van der Waals surface area contributed by atoms with Crippen LogP contribution in [0.5, 0.6) is 0 Å². The summed E-state index contributed by atoms with van der Waals surface area (Å²) in [6.07, 6.45) is 3.10. The number of allylic oxidation sites excluding steroid dienone is 2. The van der Waals surface area contributed by atoms with E-state index in [9.17, 15) is 0 Å². The maximum Gasteiger partial charge on any atom is 0.0471 e. The number of aliphatic hydroxyl groups is 1. The van der Waals surface area contributed by atoms with Gasteiger partial charge in [0.25, 0.3) is 0 Å². The zero-order valence-corrected chi connectivity index (χ0v) is 9.43. The molecule has 0 unspecified atom stereocenters. The van der Waals surface area contributed by atoms with Crippen molar-refractivity contribution in [3.63, 3.8) is 0 Å². The smallest absolute Gasteiger partial charge is 0.0471 e. The highest BCUT2D eigenvalue weighted by atomic mass is 35.5. The lowest BCUT2D eigenvalue weighted by Gasteiger charge is -2.07. The van der Waals surface area contributed by atoms with E-state index in [4.69, 9.17) is 16.7 Å². The van der Waals surface area contributed by atoms with Crippen LogP contribution in [-0.2, 0) is 12.8 Å². The molecule has 0 bridgehead atoms. The van der Waals surface area contributed by atoms with Gasteiger partial charge >= 0.3 is 0 Å². The monoisotopic (exact) mass is 222 g/mol. The standard InChI is InChI=1S/C13H15ClO/c1-3-10(2)8-12-9-11(6-7-15)4-5-13(12)14/h3-5,9,15H,1-2,6-8H2. The van der Waals surface area contributed by atoms with Crippen molar-refractivity contribution in [2.75, 3.05) is 6.61 Å². The molecule has 0 spiro atoms. The molecule has 1 rings (SSSR count). The number of benzene rings is 1. The van der Waals surface area contributed by atoms with E-state index in [2.05, 4.69) is 13.2 Å². The fourth-order valence-electron chi connectivity index (χ4n) is 1.36. The lowest BCUT2D eigenvalue weighted by atomic mass is 10.0. The largest absolute Gasteiger partial charge is 0.396 e. The zero-order chi connectivity index (χ0) is 11.3. The highest BCUT2D eigenvalue weighted by Gasteiger charge is 2.02. The number of hydrogen-bond acceptors (Lipinski definition) is 1. The van der Waals surface area contributed by atoms with Crippen LogP contribution in [0, 0.1) is 0 Å². The van der Waals surface area contributed by atoms with Crippen molar-refractivity contribution >= 4 is 11.6 Å². The van der Waals surface area contributed by atoms with Gasteiger partial charge in [0.1, 0.15) is 0 Å². The topological polar surface area (TPSA) is 20.2 Å². The summed E-state index contributed by atoms with van der Waals surface area (Å²) in [6, 6.07) is 5.80. The predicted molar refractivity (Wildman–Crippen MR) is 65.3 cm³/mol. The third-order valence-corrected chi connectivity index (χ3v) is 2.59. The highest BCUT2D eigenvalue weighted by molar-refractivity contribution is 6.31. The van der Waals surface area contributed by atoms with Crippen LogP contribution in [0.3, 0.4) is 0 Å². The van der Waals surface area contributed by atoms with Crippen LogP contribution < -0.4 is 0 Å². The lowest BCUT2D eigenvalue weighted by molar-refractivity contribution is 0.299. The number of halogens is 1. The van der Waals surface area contributed by atoms with E-state index in [1.165, 1.54) is 0 Å². The summed E-state index contributed by atoms with van der Waals surface area (Å²) in [4.78, 5) is 0. The van der Waals surface area contributed by atoms with Gasteiger partial charge in [-0.15, -0.1) is 0 Å². The summed E-state index contributed by atoms with van der Waals surface area (Å²) in [5, 5.41) is 9.58. The molecule has 0 saturated carbocycles. The molecule has 0 amide bonds. The minimum Gasteiger partial charge on any atom is -0.396 e. The molecule has 1 N–H and O–H groups in total. The molecule has 1 aromatic carbocycles. The molecule has 0 atom stereocenters. The number of rotatable bonds is 5. The average Bonchev–Trinajstić information content (AvgIpc) is 2.23. The van der Waals surface area contributed by atoms with Gasteiger partial charge in [-0.05, 0) is 30.0 Å². The molecule has 0 heterocycles. The first-order chi connectivity index (χ1) is 7.17. The van der Waals surface area contributed by atoms with Gasteiger partial charge in [-0.1, -0.05) is 48.5 Å². The Bertz CT molecular complexity index is 369. The Morgan fingerprint density at radius 2 is 2.20 bits per heavy atom. The molecular weight excluding hydrogens is 208 g/mol. The van der Waals surface area contributed by atoms with Crippen molar-refractivity contribution in [1.29, 1.82) is 0 Å². The maximum absolute atomic E-state index is 8.84. The van der Waals surface area contributed by atoms with Gasteiger partial charge in [-0.2, -0.15) is 0 Å². The summed E-state index contributed by atoms with van der Waals surface area (Å²) < 4.78 is 0. The number of hydrogen-bond donors (Lipinski definition) is 1. The molecule has 0 radical (unpaired) electrons. The van der Waals surface area contributed by atoms with Crippen LogP contribution in [0.2, 0.25) is 5.02 Å². The van der Waals surface area contributed by atoms with Gasteiger partial charge in [0.2, 0.25) is 0 Å². The Hall–Kier alpha value is -1.05. The molecule has 1 aromatic rings. The first kappa shape index (κ1) is 12.0. The van der Waals surface area contributed by atoms with Gasteiger partial charge in [0, 0.05) is 11.6 Å². The maximum atomic E-state index is 8.84. The second-order valence-electron chi connectivity index (χ2n) is 3.44. The zero-order valence-electron chi connectivity index (χ0n) is 8.67. The SMILES string of the molecule is C=CC(=C)Cc1cc(CCO)ccc1Cl. The quantitative estimate of drug-likeness (QED) is 0.759. The molecule has 0 aliphatic rings. The molecule has 80 valence electrons. The lowest BCUT2D eigenvalue weighted by Crippen LogP contribution is -1.94. The average molecular weight is 223 g/mol. The molecule has 2 heteroatoms. The van der Waals surface area contributed by atoms with Gasteiger partial charge in [0.05, 0.1) is 0 Å². The van der Waals surface area contributed by atoms with Crippen molar-refractivity contribution in [1.82, 2.24) is 0 Å². The summed E-state index contributed by atoms with van der Waals surface area (Å²) in [6.45, 7) is 7.68. The second kappa shape index (κ2) is 5.74. The minimum atomic E-state index is 0.156. The fourth-order valence-corrected chi connectivity index (χ4v) is 1.55. The van der Waals surface area contributed by atoms with Crippen molar-refractivity contribution in [2.24, 2.45) is 0 Å². The molecule has 0 saturated heterocycles. The second-order valence-corrected chi connectivity index (χ2v) is 3.85. The first-order valence-corrected chi connectivity index (χ1v) is 5.23. The Kier molecular flexibility index (Phi) is 4.60. The van der Waals surface area contributed by atoms with Crippen LogP contribution in [0.4, 0.5) is 0 Å². The Morgan fingerprint density at radius 1 is 1.47 bits per heavy atom. The fraction of sp³-hybridized carbons (Fsp3) is 0.231. The first-order valence-electron chi connectivity index (χ1n) is 4.85. The van der Waals surface area contributed by atoms with Crippen molar-refractivity contribution in [3.05, 3.63) is 59.2 Å². The molecule has 0 aliphatic heterocycles. The predicted octanol–water partition coefficient (Wildman–Crippen LogP) is 3.16. The normalized spacial score (nSPS) is 10.0. The summed E-state index contributed by atoms with van der Waals surface area (Å²) in [5.74, 6) is 0. The Balaban J connectivity index is 2.89. The van der Waals surface area contributed by atoms with Crippen LogP contribution in [0.1, 0.15) is 11.1 Å². The van der Waals surface area contributed by atoms with E-state index < -0.39 is 0 Å². The number of aliphatic hydroxyl groups excluding tert-OH is 1. The van der Waals surface area contributed by atoms with Crippen molar-refractivity contribution in [3.8, 4) is 0 Å². The van der Waals surface area contributed by atoms with Crippen LogP contribution in [0.15, 0.2) is 43.0 Å². The minimum absolute atomic E-state index is 0.156. The van der Waals surface area contributed by atoms with Crippen molar-refractivity contribution in [2.45, 2.75) is 12.8 Å². The third kappa shape index (κ3) is 3.54. The van der Waals surface area contributed by atoms with E-state index >= 15 is 0 Å². The van der Waals surface area contributed by atoms with Gasteiger partial charge < -0.3 is 5.11 Å². The van der Waals surface area contributed by atoms with Crippen LogP contribution in [-0.4, -0.2) is 11.7 Å². The molecule has 0 aromatic heterocycles. The molecular formula is C13H15ClO. The molecule has 0 fully saturated rings. The Labute approximate surface area is 95.7 Å². The summed E-state index contributed by atoms with van der Waals surface area (Å²) in [5.41, 5.74) is 3.07. The van der Waals surface area contributed by atoms with Crippen LogP contribution >= 0.6 is 11.6 Å². The molecule has 15 heavy (non-hydrogen) atoms. The molecule has 1 nitrogen and oxygen atoms in total. The van der Waals surface area contributed by atoms with Gasteiger partial charge in [-0.25, -0.2) is 0 Å². The molecule has 0 aliphatic carbocycles. The van der Waals surface area contributed by atoms with Gasteiger partial charge in [0.15, 0.2) is 0 Å². The summed E-state index contributed by atoms with van der Waals surface area (Å²) >= 11 is 6.06. The van der Waals surface area contributed by atoms with E-state index in [0.29, 0.717) is 12.8 Å². The van der Waals surface area contributed by atoms with E-state index in [0.717, 1.165) is 21.7 Å². The van der Waals surface area contributed by atoms with E-state index in [-0.39, 0.29) is 6.61 Å². The van der Waals surface area contributed by atoms with E-state index in [1.807, 2.05) is 18.2 Å². The third-order valence-electron chi connectivity index (χ3n) is 2.22. The Morgan fingerprint density at radius 3 is 2.80 bits per heavy atom.